The summed E-state index contributed by atoms with van der Waals surface area (Å²) >= 11 is 5.89. The first-order valence-electron chi connectivity index (χ1n) is 9.93. The second-order valence-corrected chi connectivity index (χ2v) is 8.79. The number of aromatic nitrogens is 4. The van der Waals surface area contributed by atoms with E-state index < -0.39 is 17.3 Å². The van der Waals surface area contributed by atoms with Gasteiger partial charge in [-0.05, 0) is 51.1 Å². The van der Waals surface area contributed by atoms with E-state index in [-0.39, 0.29) is 29.7 Å². The van der Waals surface area contributed by atoms with Crippen molar-refractivity contribution in [2.45, 2.75) is 39.8 Å². The summed E-state index contributed by atoms with van der Waals surface area (Å²) in [6.07, 6.45) is 0. The van der Waals surface area contributed by atoms with Gasteiger partial charge in [-0.1, -0.05) is 41.4 Å². The number of halogens is 2. The fourth-order valence-electron chi connectivity index (χ4n) is 2.91. The minimum atomic E-state index is -0.623. The van der Waals surface area contributed by atoms with Crippen LogP contribution in [0.4, 0.5) is 10.1 Å². The van der Waals surface area contributed by atoms with Gasteiger partial charge in [0.2, 0.25) is 11.7 Å². The molecule has 0 saturated carbocycles. The number of rotatable bonds is 6. The van der Waals surface area contributed by atoms with Crippen LogP contribution >= 0.6 is 11.6 Å². The number of aryl methyl sites for hydroxylation is 1. The van der Waals surface area contributed by atoms with Gasteiger partial charge in [-0.3, -0.25) is 9.59 Å². The summed E-state index contributed by atoms with van der Waals surface area (Å²) in [4.78, 5) is 27.9. The molecule has 0 spiro atoms. The van der Waals surface area contributed by atoms with Crippen molar-refractivity contribution in [3.8, 4) is 11.4 Å². The van der Waals surface area contributed by atoms with Crippen LogP contribution in [-0.4, -0.2) is 44.1 Å². The zero-order valence-electron chi connectivity index (χ0n) is 18.3. The molecule has 3 aromatic rings. The summed E-state index contributed by atoms with van der Waals surface area (Å²) in [5, 5.41) is 14.8. The Bertz CT molecular complexity index is 1120. The molecule has 2 aromatic carbocycles. The molecular formula is C22H24ClFN6O2. The van der Waals surface area contributed by atoms with Crippen LogP contribution in [0.3, 0.4) is 0 Å². The number of nitrogens with zero attached hydrogens (tertiary/aromatic N) is 5. The molecule has 0 bridgehead atoms. The van der Waals surface area contributed by atoms with Crippen molar-refractivity contribution in [2.75, 3.05) is 11.4 Å². The van der Waals surface area contributed by atoms with Gasteiger partial charge in [0, 0.05) is 16.8 Å². The van der Waals surface area contributed by atoms with Crippen molar-refractivity contribution in [1.82, 2.24) is 25.5 Å². The predicted molar refractivity (Wildman–Crippen MR) is 120 cm³/mol. The van der Waals surface area contributed by atoms with Crippen LogP contribution in [0, 0.1) is 12.7 Å². The third kappa shape index (κ3) is 6.10. The Balaban J connectivity index is 1.82. The summed E-state index contributed by atoms with van der Waals surface area (Å²) in [6, 6.07) is 11.4. The largest absolute Gasteiger partial charge is 0.350 e. The maximum Gasteiger partial charge on any atom is 0.251 e. The monoisotopic (exact) mass is 458 g/mol. The average Bonchev–Trinajstić information content (AvgIpc) is 3.16. The van der Waals surface area contributed by atoms with Crippen molar-refractivity contribution in [1.29, 1.82) is 0 Å². The minimum absolute atomic E-state index is 0.155. The van der Waals surface area contributed by atoms with Gasteiger partial charge < -0.3 is 10.2 Å². The molecule has 2 amide bonds. The standard InChI is InChI=1S/C22H24ClFN6O2/c1-14-5-7-15(8-6-14)21-26-28-30(27-21)13-20(32)29(12-19(31)25-22(2,3)4)16-9-10-18(24)17(23)11-16/h5-11H,12-13H2,1-4H3,(H,25,31). The van der Waals surface area contributed by atoms with E-state index in [0.717, 1.165) is 22.0 Å². The number of benzene rings is 2. The lowest BCUT2D eigenvalue weighted by Gasteiger charge is -2.26. The summed E-state index contributed by atoms with van der Waals surface area (Å²) in [5.41, 5.74) is 1.66. The topological polar surface area (TPSA) is 93.0 Å². The molecule has 0 aliphatic carbocycles. The molecular weight excluding hydrogens is 435 g/mol. The summed E-state index contributed by atoms with van der Waals surface area (Å²) in [6.45, 7) is 6.92. The molecule has 0 fully saturated rings. The van der Waals surface area contributed by atoms with E-state index in [0.29, 0.717) is 5.82 Å². The molecule has 8 nitrogen and oxygen atoms in total. The quantitative estimate of drug-likeness (QED) is 0.611. The van der Waals surface area contributed by atoms with Crippen molar-refractivity contribution >= 4 is 29.1 Å². The van der Waals surface area contributed by atoms with Crippen LogP contribution in [0.15, 0.2) is 42.5 Å². The number of carbonyl (C=O) groups is 2. The smallest absolute Gasteiger partial charge is 0.251 e. The molecule has 32 heavy (non-hydrogen) atoms. The summed E-state index contributed by atoms with van der Waals surface area (Å²) in [7, 11) is 0. The number of hydrogen-bond acceptors (Lipinski definition) is 5. The van der Waals surface area contributed by atoms with Crippen LogP contribution in [0.1, 0.15) is 26.3 Å². The highest BCUT2D eigenvalue weighted by atomic mass is 35.5. The van der Waals surface area contributed by atoms with E-state index in [4.69, 9.17) is 11.6 Å². The van der Waals surface area contributed by atoms with Gasteiger partial charge >= 0.3 is 0 Å². The average molecular weight is 459 g/mol. The van der Waals surface area contributed by atoms with E-state index in [9.17, 15) is 14.0 Å². The number of anilines is 1. The second kappa shape index (κ2) is 9.44. The maximum absolute atomic E-state index is 13.6. The van der Waals surface area contributed by atoms with Gasteiger partial charge in [0.05, 0.1) is 5.02 Å². The third-order valence-corrected chi connectivity index (χ3v) is 4.66. The maximum atomic E-state index is 13.6. The molecule has 3 rings (SSSR count). The van der Waals surface area contributed by atoms with Crippen LogP contribution in [0.2, 0.25) is 5.02 Å². The Morgan fingerprint density at radius 2 is 1.84 bits per heavy atom. The van der Waals surface area contributed by atoms with Gasteiger partial charge in [0.25, 0.3) is 5.91 Å². The fourth-order valence-corrected chi connectivity index (χ4v) is 3.09. The first kappa shape index (κ1) is 23.3. The summed E-state index contributed by atoms with van der Waals surface area (Å²) in [5.74, 6) is -1.11. The lowest BCUT2D eigenvalue weighted by atomic mass is 10.1. The zero-order valence-corrected chi connectivity index (χ0v) is 19.0. The van der Waals surface area contributed by atoms with E-state index in [2.05, 4.69) is 20.7 Å². The molecule has 0 aliphatic heterocycles. The molecule has 0 saturated heterocycles. The van der Waals surface area contributed by atoms with Gasteiger partial charge in [-0.2, -0.15) is 4.80 Å². The molecule has 10 heteroatoms. The Labute approximate surface area is 190 Å². The number of carbonyl (C=O) groups excluding carboxylic acids is 2. The summed E-state index contributed by atoms with van der Waals surface area (Å²) < 4.78 is 13.6. The van der Waals surface area contributed by atoms with Crippen molar-refractivity contribution in [3.05, 3.63) is 58.9 Å². The van der Waals surface area contributed by atoms with Crippen LogP contribution in [0.25, 0.3) is 11.4 Å². The normalized spacial score (nSPS) is 11.3. The Morgan fingerprint density at radius 3 is 2.47 bits per heavy atom. The van der Waals surface area contributed by atoms with Crippen molar-refractivity contribution in [2.24, 2.45) is 0 Å². The minimum Gasteiger partial charge on any atom is -0.350 e. The number of amides is 2. The van der Waals surface area contributed by atoms with E-state index in [1.54, 1.807) is 0 Å². The highest BCUT2D eigenvalue weighted by molar-refractivity contribution is 6.31. The third-order valence-electron chi connectivity index (χ3n) is 4.37. The SMILES string of the molecule is Cc1ccc(-c2nnn(CC(=O)N(CC(=O)NC(C)(C)C)c3ccc(F)c(Cl)c3)n2)cc1. The van der Waals surface area contributed by atoms with Gasteiger partial charge in [0.15, 0.2) is 0 Å². The number of hydrogen-bond donors (Lipinski definition) is 1. The molecule has 1 N–H and O–H groups in total. The van der Waals surface area contributed by atoms with E-state index >= 15 is 0 Å². The second-order valence-electron chi connectivity index (χ2n) is 8.39. The van der Waals surface area contributed by atoms with E-state index in [1.807, 2.05) is 52.0 Å². The predicted octanol–water partition coefficient (Wildman–Crippen LogP) is 3.39. The van der Waals surface area contributed by atoms with Gasteiger partial charge in [-0.15, -0.1) is 10.2 Å². The molecule has 1 aromatic heterocycles. The number of tetrazole rings is 1. The van der Waals surface area contributed by atoms with Crippen LogP contribution in [0.5, 0.6) is 0 Å². The highest BCUT2D eigenvalue weighted by Gasteiger charge is 2.24. The van der Waals surface area contributed by atoms with Crippen LogP contribution < -0.4 is 10.2 Å². The van der Waals surface area contributed by atoms with E-state index in [1.165, 1.54) is 17.0 Å². The lowest BCUT2D eigenvalue weighted by Crippen LogP contribution is -2.48. The van der Waals surface area contributed by atoms with Gasteiger partial charge in [0.1, 0.15) is 18.9 Å². The zero-order chi connectivity index (χ0) is 23.5. The van der Waals surface area contributed by atoms with Crippen molar-refractivity contribution in [3.63, 3.8) is 0 Å². The Kier molecular flexibility index (Phi) is 6.88. The molecule has 0 aliphatic rings. The lowest BCUT2D eigenvalue weighted by molar-refractivity contribution is -0.125. The highest BCUT2D eigenvalue weighted by Crippen LogP contribution is 2.23. The molecule has 1 heterocycles. The first-order valence-corrected chi connectivity index (χ1v) is 10.3. The van der Waals surface area contributed by atoms with Crippen LogP contribution in [-0.2, 0) is 16.1 Å². The number of nitrogens with one attached hydrogen (secondary N) is 1. The molecule has 0 atom stereocenters. The molecule has 0 unspecified atom stereocenters. The first-order chi connectivity index (χ1) is 15.0. The van der Waals surface area contributed by atoms with Crippen molar-refractivity contribution < 1.29 is 14.0 Å². The fraction of sp³-hybridized carbons (Fsp3) is 0.318. The van der Waals surface area contributed by atoms with Gasteiger partial charge in [-0.25, -0.2) is 4.39 Å². The molecule has 0 radical (unpaired) electrons. The Hall–Kier alpha value is -3.33. The Morgan fingerprint density at radius 1 is 1.16 bits per heavy atom. The molecule has 168 valence electrons.